The van der Waals surface area contributed by atoms with E-state index in [0.29, 0.717) is 13.2 Å². The summed E-state index contributed by atoms with van der Waals surface area (Å²) in [6.45, 7) is 7.88. The van der Waals surface area contributed by atoms with Gasteiger partial charge in [0.25, 0.3) is 0 Å². The second-order valence-electron chi connectivity index (χ2n) is 8.46. The van der Waals surface area contributed by atoms with Gasteiger partial charge in [0.2, 0.25) is 11.9 Å². The van der Waals surface area contributed by atoms with Crippen molar-refractivity contribution in [2.75, 3.05) is 38.3 Å². The van der Waals surface area contributed by atoms with Gasteiger partial charge >= 0.3 is 0 Å². The lowest BCUT2D eigenvalue weighted by atomic mass is 9.96. The molecule has 1 N–H and O–H groups in total. The van der Waals surface area contributed by atoms with Crippen LogP contribution in [0.15, 0.2) is 42.5 Å². The number of fused-ring (bicyclic) bond motifs is 1. The molecule has 0 aliphatic carbocycles. The van der Waals surface area contributed by atoms with E-state index in [9.17, 15) is 4.79 Å². The average molecular weight is 421 g/mol. The van der Waals surface area contributed by atoms with E-state index in [1.54, 1.807) is 7.11 Å². The maximum atomic E-state index is 12.4. The molecular weight excluding hydrogens is 388 g/mol. The first-order valence-corrected chi connectivity index (χ1v) is 11.1. The molecule has 1 aliphatic rings. The summed E-state index contributed by atoms with van der Waals surface area (Å²) >= 11 is 0. The number of rotatable bonds is 7. The minimum Gasteiger partial charge on any atom is -0.383 e. The number of hydrogen-bond donors (Lipinski definition) is 1. The summed E-state index contributed by atoms with van der Waals surface area (Å²) in [5.41, 5.74) is 6.05. The Labute approximate surface area is 184 Å². The van der Waals surface area contributed by atoms with Gasteiger partial charge in [-0.3, -0.25) is 4.79 Å². The largest absolute Gasteiger partial charge is 0.383 e. The Hall–Kier alpha value is -2.86. The lowest BCUT2D eigenvalue weighted by molar-refractivity contribution is -0.125. The molecule has 0 spiro atoms. The zero-order valence-corrected chi connectivity index (χ0v) is 18.7. The minimum atomic E-state index is 0.0601. The fourth-order valence-corrected chi connectivity index (χ4v) is 4.36. The molecule has 0 unspecified atom stereocenters. The summed E-state index contributed by atoms with van der Waals surface area (Å²) in [5.74, 6) is 1.20. The zero-order chi connectivity index (χ0) is 21.8. The standard InChI is InChI=1S/C25H32N4O2/c1-18-8-9-19(2)21(16-18)17-29-23-7-5-4-6-22(23)27-25(29)28-13-10-20(11-14-28)24(30)26-12-15-31-3/h4-9,16,20H,10-15,17H2,1-3H3,(H,26,30). The molecule has 31 heavy (non-hydrogen) atoms. The maximum Gasteiger partial charge on any atom is 0.223 e. The van der Waals surface area contributed by atoms with Crippen LogP contribution in [0.5, 0.6) is 0 Å². The summed E-state index contributed by atoms with van der Waals surface area (Å²) in [6.07, 6.45) is 1.68. The first kappa shape index (κ1) is 21.4. The Bertz CT molecular complexity index is 1050. The molecule has 4 rings (SSSR count). The quantitative estimate of drug-likeness (QED) is 0.593. The van der Waals surface area contributed by atoms with Gasteiger partial charge in [-0.2, -0.15) is 0 Å². The summed E-state index contributed by atoms with van der Waals surface area (Å²) in [4.78, 5) is 19.8. The summed E-state index contributed by atoms with van der Waals surface area (Å²) in [6, 6.07) is 15.0. The molecule has 1 aliphatic heterocycles. The zero-order valence-electron chi connectivity index (χ0n) is 18.7. The van der Waals surface area contributed by atoms with Crippen molar-refractivity contribution in [3.63, 3.8) is 0 Å². The van der Waals surface area contributed by atoms with Crippen LogP contribution in [0, 0.1) is 19.8 Å². The van der Waals surface area contributed by atoms with E-state index >= 15 is 0 Å². The molecule has 1 amide bonds. The number of anilines is 1. The van der Waals surface area contributed by atoms with Crippen molar-refractivity contribution >= 4 is 22.9 Å². The number of imidazole rings is 1. The van der Waals surface area contributed by atoms with Crippen molar-refractivity contribution in [3.05, 3.63) is 59.2 Å². The van der Waals surface area contributed by atoms with Crippen LogP contribution in [-0.4, -0.2) is 48.8 Å². The third kappa shape index (κ3) is 4.74. The molecule has 1 saturated heterocycles. The first-order valence-electron chi connectivity index (χ1n) is 11.1. The number of nitrogens with one attached hydrogen (secondary N) is 1. The number of amides is 1. The monoisotopic (exact) mass is 420 g/mol. The predicted molar refractivity (Wildman–Crippen MR) is 125 cm³/mol. The fourth-order valence-electron chi connectivity index (χ4n) is 4.36. The SMILES string of the molecule is COCCNC(=O)C1CCN(c2nc3ccccc3n2Cc2cc(C)ccc2C)CC1. The van der Waals surface area contributed by atoms with Crippen molar-refractivity contribution < 1.29 is 9.53 Å². The van der Waals surface area contributed by atoms with Crippen LogP contribution in [0.25, 0.3) is 11.0 Å². The Morgan fingerprint density at radius 3 is 2.71 bits per heavy atom. The van der Waals surface area contributed by atoms with Gasteiger partial charge in [-0.05, 0) is 49.9 Å². The lowest BCUT2D eigenvalue weighted by Crippen LogP contribution is -2.42. The summed E-state index contributed by atoms with van der Waals surface area (Å²) < 4.78 is 7.36. The third-order valence-corrected chi connectivity index (χ3v) is 6.22. The topological polar surface area (TPSA) is 59.4 Å². The molecule has 1 aromatic heterocycles. The van der Waals surface area contributed by atoms with E-state index < -0.39 is 0 Å². The maximum absolute atomic E-state index is 12.4. The van der Waals surface area contributed by atoms with Crippen LogP contribution in [-0.2, 0) is 16.1 Å². The third-order valence-electron chi connectivity index (χ3n) is 6.22. The van der Waals surface area contributed by atoms with Gasteiger partial charge in [-0.1, -0.05) is 35.9 Å². The van der Waals surface area contributed by atoms with E-state index in [2.05, 4.69) is 65.0 Å². The van der Waals surface area contributed by atoms with Crippen molar-refractivity contribution in [2.24, 2.45) is 5.92 Å². The molecule has 0 atom stereocenters. The highest BCUT2D eigenvalue weighted by Crippen LogP contribution is 2.28. The number of ether oxygens (including phenoxy) is 1. The average Bonchev–Trinajstić information content (AvgIpc) is 3.15. The van der Waals surface area contributed by atoms with E-state index in [1.807, 2.05) is 6.07 Å². The van der Waals surface area contributed by atoms with Crippen LogP contribution in [0.1, 0.15) is 29.5 Å². The van der Waals surface area contributed by atoms with E-state index in [1.165, 1.54) is 16.7 Å². The molecule has 6 heteroatoms. The highest BCUT2D eigenvalue weighted by Gasteiger charge is 2.27. The van der Waals surface area contributed by atoms with Crippen molar-refractivity contribution in [1.29, 1.82) is 0 Å². The van der Waals surface area contributed by atoms with Crippen LogP contribution >= 0.6 is 0 Å². The number of piperidine rings is 1. The van der Waals surface area contributed by atoms with E-state index in [0.717, 1.165) is 49.5 Å². The van der Waals surface area contributed by atoms with E-state index in [4.69, 9.17) is 9.72 Å². The van der Waals surface area contributed by atoms with Gasteiger partial charge in [0, 0.05) is 32.7 Å². The number of carbonyl (C=O) groups excluding carboxylic acids is 1. The Kier molecular flexibility index (Phi) is 6.56. The smallest absolute Gasteiger partial charge is 0.223 e. The van der Waals surface area contributed by atoms with Crippen LogP contribution in [0.4, 0.5) is 5.95 Å². The lowest BCUT2D eigenvalue weighted by Gasteiger charge is -2.32. The second kappa shape index (κ2) is 9.52. The number of nitrogens with zero attached hydrogens (tertiary/aromatic N) is 3. The number of benzene rings is 2. The fraction of sp³-hybridized carbons (Fsp3) is 0.440. The molecule has 1 fully saturated rings. The summed E-state index contributed by atoms with van der Waals surface area (Å²) in [7, 11) is 1.65. The number of methoxy groups -OCH3 is 1. The van der Waals surface area contributed by atoms with Crippen molar-refractivity contribution in [3.8, 4) is 0 Å². The molecule has 2 aromatic carbocycles. The normalized spacial score (nSPS) is 14.9. The van der Waals surface area contributed by atoms with Gasteiger partial charge in [0.05, 0.1) is 24.2 Å². The van der Waals surface area contributed by atoms with Gasteiger partial charge in [0.1, 0.15) is 0 Å². The molecule has 6 nitrogen and oxygen atoms in total. The molecule has 0 radical (unpaired) electrons. The van der Waals surface area contributed by atoms with Gasteiger partial charge in [-0.15, -0.1) is 0 Å². The van der Waals surface area contributed by atoms with Gasteiger partial charge in [-0.25, -0.2) is 4.98 Å². The number of aromatic nitrogens is 2. The van der Waals surface area contributed by atoms with Crippen LogP contribution in [0.3, 0.4) is 0 Å². The number of para-hydroxylation sites is 2. The van der Waals surface area contributed by atoms with Crippen LogP contribution < -0.4 is 10.2 Å². The molecule has 164 valence electrons. The Morgan fingerprint density at radius 1 is 1.16 bits per heavy atom. The van der Waals surface area contributed by atoms with Gasteiger partial charge < -0.3 is 19.5 Å². The predicted octanol–water partition coefficient (Wildman–Crippen LogP) is 3.68. The number of carbonyl (C=O) groups is 1. The molecular formula is C25H32N4O2. The highest BCUT2D eigenvalue weighted by atomic mass is 16.5. The Morgan fingerprint density at radius 2 is 1.94 bits per heavy atom. The van der Waals surface area contributed by atoms with E-state index in [-0.39, 0.29) is 11.8 Å². The first-order chi connectivity index (χ1) is 15.1. The number of hydrogen-bond acceptors (Lipinski definition) is 4. The van der Waals surface area contributed by atoms with Crippen molar-refractivity contribution in [1.82, 2.24) is 14.9 Å². The molecule has 2 heterocycles. The minimum absolute atomic E-state index is 0.0601. The second-order valence-corrected chi connectivity index (χ2v) is 8.46. The number of aryl methyl sites for hydroxylation is 2. The van der Waals surface area contributed by atoms with Gasteiger partial charge in [0.15, 0.2) is 0 Å². The van der Waals surface area contributed by atoms with Crippen molar-refractivity contribution in [2.45, 2.75) is 33.2 Å². The Balaban J connectivity index is 1.55. The highest BCUT2D eigenvalue weighted by molar-refractivity contribution is 5.80. The molecule has 0 saturated carbocycles. The molecule has 3 aromatic rings. The summed E-state index contributed by atoms with van der Waals surface area (Å²) in [5, 5.41) is 2.98. The molecule has 0 bridgehead atoms. The van der Waals surface area contributed by atoms with Crippen LogP contribution in [0.2, 0.25) is 0 Å².